The lowest BCUT2D eigenvalue weighted by Crippen LogP contribution is -2.34. The minimum atomic E-state index is 0.210. The van der Waals surface area contributed by atoms with Gasteiger partial charge in [-0.1, -0.05) is 6.92 Å². The maximum Gasteiger partial charge on any atom is 0.125 e. The van der Waals surface area contributed by atoms with Gasteiger partial charge in [0.05, 0.1) is 18.1 Å². The smallest absolute Gasteiger partial charge is 0.125 e. The summed E-state index contributed by atoms with van der Waals surface area (Å²) >= 11 is 0. The maximum absolute atomic E-state index is 5.86. The number of nitrogens with two attached hydrogens (primary N) is 1. The van der Waals surface area contributed by atoms with E-state index in [9.17, 15) is 0 Å². The highest BCUT2D eigenvalue weighted by Gasteiger charge is 2.05. The molecule has 0 fully saturated rings. The average molecular weight is 194 g/mol. The first-order chi connectivity index (χ1) is 6.63. The van der Waals surface area contributed by atoms with Crippen molar-refractivity contribution in [2.24, 2.45) is 5.73 Å². The van der Waals surface area contributed by atoms with E-state index in [4.69, 9.17) is 5.73 Å². The first-order valence-electron chi connectivity index (χ1n) is 4.88. The van der Waals surface area contributed by atoms with Crippen LogP contribution in [0.25, 0.3) is 0 Å². The molecule has 0 spiro atoms. The summed E-state index contributed by atoms with van der Waals surface area (Å²) in [4.78, 5) is 10.4. The van der Waals surface area contributed by atoms with Gasteiger partial charge in [0.25, 0.3) is 0 Å². The van der Waals surface area contributed by atoms with Gasteiger partial charge in [0, 0.05) is 19.6 Å². The molecule has 0 amide bonds. The minimum Gasteiger partial charge on any atom is -0.371 e. The third-order valence-corrected chi connectivity index (χ3v) is 2.24. The number of aryl methyl sites for hydroxylation is 1. The van der Waals surface area contributed by atoms with Gasteiger partial charge >= 0.3 is 0 Å². The second-order valence-electron chi connectivity index (χ2n) is 3.54. The predicted octanol–water partition coefficient (Wildman–Crippen LogP) is 0.959. The molecule has 1 unspecified atom stereocenters. The highest BCUT2D eigenvalue weighted by Crippen LogP contribution is 2.09. The van der Waals surface area contributed by atoms with E-state index in [1.807, 2.05) is 26.4 Å². The Morgan fingerprint density at radius 2 is 2.00 bits per heavy atom. The number of likely N-dealkylation sites (N-methyl/N-ethyl adjacent to an activating group) is 1. The van der Waals surface area contributed by atoms with Crippen molar-refractivity contribution in [2.45, 2.75) is 26.3 Å². The normalized spacial score (nSPS) is 12.6. The zero-order valence-electron chi connectivity index (χ0n) is 9.07. The molecular formula is C10H18N4. The fraction of sp³-hybridized carbons (Fsp3) is 0.600. The van der Waals surface area contributed by atoms with Crippen molar-refractivity contribution in [3.8, 4) is 0 Å². The molecule has 1 atom stereocenters. The monoisotopic (exact) mass is 194 g/mol. The van der Waals surface area contributed by atoms with Crippen molar-refractivity contribution >= 4 is 5.69 Å². The summed E-state index contributed by atoms with van der Waals surface area (Å²) in [6.45, 7) is 4.80. The topological polar surface area (TPSA) is 55.0 Å². The van der Waals surface area contributed by atoms with E-state index < -0.39 is 0 Å². The van der Waals surface area contributed by atoms with Crippen molar-refractivity contribution in [3.63, 3.8) is 0 Å². The van der Waals surface area contributed by atoms with Gasteiger partial charge in [-0.3, -0.25) is 0 Å². The SMILES string of the molecule is CCC(N)CN(C)c1cnc(C)nc1. The van der Waals surface area contributed by atoms with Crippen LogP contribution < -0.4 is 10.6 Å². The molecule has 1 aromatic heterocycles. The average Bonchev–Trinajstić information content (AvgIpc) is 2.18. The van der Waals surface area contributed by atoms with Gasteiger partial charge in [-0.05, 0) is 13.3 Å². The summed E-state index contributed by atoms with van der Waals surface area (Å²) in [5.41, 5.74) is 6.87. The molecule has 1 rings (SSSR count). The van der Waals surface area contributed by atoms with E-state index in [2.05, 4.69) is 21.8 Å². The van der Waals surface area contributed by atoms with Gasteiger partial charge in [-0.2, -0.15) is 0 Å². The van der Waals surface area contributed by atoms with Crippen LogP contribution in [-0.4, -0.2) is 29.6 Å². The molecule has 0 radical (unpaired) electrons. The van der Waals surface area contributed by atoms with Crippen molar-refractivity contribution in [1.29, 1.82) is 0 Å². The van der Waals surface area contributed by atoms with E-state index in [0.717, 1.165) is 24.5 Å². The zero-order valence-corrected chi connectivity index (χ0v) is 9.07. The van der Waals surface area contributed by atoms with E-state index >= 15 is 0 Å². The Morgan fingerprint density at radius 1 is 1.43 bits per heavy atom. The van der Waals surface area contributed by atoms with Gasteiger partial charge in [-0.15, -0.1) is 0 Å². The van der Waals surface area contributed by atoms with Crippen molar-refractivity contribution in [3.05, 3.63) is 18.2 Å². The lowest BCUT2D eigenvalue weighted by Gasteiger charge is -2.21. The Morgan fingerprint density at radius 3 is 2.50 bits per heavy atom. The summed E-state index contributed by atoms with van der Waals surface area (Å²) in [6, 6.07) is 0.210. The van der Waals surface area contributed by atoms with E-state index in [1.165, 1.54) is 0 Å². The van der Waals surface area contributed by atoms with Gasteiger partial charge < -0.3 is 10.6 Å². The van der Waals surface area contributed by atoms with Crippen LogP contribution in [0.1, 0.15) is 19.2 Å². The van der Waals surface area contributed by atoms with E-state index in [0.29, 0.717) is 0 Å². The maximum atomic E-state index is 5.86. The molecule has 1 aromatic rings. The van der Waals surface area contributed by atoms with E-state index in [-0.39, 0.29) is 6.04 Å². The van der Waals surface area contributed by atoms with Crippen LogP contribution in [0.2, 0.25) is 0 Å². The molecule has 78 valence electrons. The number of rotatable bonds is 4. The first kappa shape index (κ1) is 10.9. The molecule has 2 N–H and O–H groups in total. The molecule has 1 heterocycles. The van der Waals surface area contributed by atoms with Crippen molar-refractivity contribution in [2.75, 3.05) is 18.5 Å². The van der Waals surface area contributed by atoms with Crippen LogP contribution in [-0.2, 0) is 0 Å². The Hall–Kier alpha value is -1.16. The number of aromatic nitrogens is 2. The van der Waals surface area contributed by atoms with Crippen LogP contribution >= 0.6 is 0 Å². The van der Waals surface area contributed by atoms with Crippen LogP contribution in [0, 0.1) is 6.92 Å². The molecule has 4 heteroatoms. The second-order valence-corrected chi connectivity index (χ2v) is 3.54. The predicted molar refractivity (Wildman–Crippen MR) is 58.3 cm³/mol. The molecule has 0 saturated carbocycles. The van der Waals surface area contributed by atoms with E-state index in [1.54, 1.807) is 0 Å². The molecule has 0 aromatic carbocycles. The Bertz CT molecular complexity index is 270. The third kappa shape index (κ3) is 2.96. The number of hydrogen-bond acceptors (Lipinski definition) is 4. The molecule has 0 aliphatic rings. The first-order valence-corrected chi connectivity index (χ1v) is 4.88. The van der Waals surface area contributed by atoms with Crippen LogP contribution in [0.3, 0.4) is 0 Å². The standard InChI is InChI=1S/C10H18N4/c1-4-9(11)7-14(3)10-5-12-8(2)13-6-10/h5-6,9H,4,7,11H2,1-3H3. The molecule has 14 heavy (non-hydrogen) atoms. The number of nitrogens with zero attached hydrogens (tertiary/aromatic N) is 3. The van der Waals surface area contributed by atoms with Crippen LogP contribution in [0.4, 0.5) is 5.69 Å². The summed E-state index contributed by atoms with van der Waals surface area (Å²) in [5, 5.41) is 0. The van der Waals surface area contributed by atoms with Gasteiger partial charge in [0.2, 0.25) is 0 Å². The summed E-state index contributed by atoms with van der Waals surface area (Å²) in [6.07, 6.45) is 4.63. The molecule has 0 aliphatic carbocycles. The molecular weight excluding hydrogens is 176 g/mol. The Kier molecular flexibility index (Phi) is 3.83. The Balaban J connectivity index is 2.60. The fourth-order valence-corrected chi connectivity index (χ4v) is 1.17. The quantitative estimate of drug-likeness (QED) is 0.775. The number of anilines is 1. The Labute approximate surface area is 85.2 Å². The van der Waals surface area contributed by atoms with Gasteiger partial charge in [0.1, 0.15) is 5.82 Å². The number of hydrogen-bond donors (Lipinski definition) is 1. The van der Waals surface area contributed by atoms with Gasteiger partial charge in [-0.25, -0.2) is 9.97 Å². The van der Waals surface area contributed by atoms with Crippen LogP contribution in [0.15, 0.2) is 12.4 Å². The zero-order chi connectivity index (χ0) is 10.6. The summed E-state index contributed by atoms with van der Waals surface area (Å²) in [7, 11) is 2.00. The molecule has 4 nitrogen and oxygen atoms in total. The van der Waals surface area contributed by atoms with Gasteiger partial charge in [0.15, 0.2) is 0 Å². The van der Waals surface area contributed by atoms with Crippen LogP contribution in [0.5, 0.6) is 0 Å². The highest BCUT2D eigenvalue weighted by molar-refractivity contribution is 5.40. The molecule has 0 saturated heterocycles. The summed E-state index contributed by atoms with van der Waals surface area (Å²) in [5.74, 6) is 0.793. The highest BCUT2D eigenvalue weighted by atomic mass is 15.1. The largest absolute Gasteiger partial charge is 0.371 e. The van der Waals surface area contributed by atoms with Crippen molar-refractivity contribution in [1.82, 2.24) is 9.97 Å². The van der Waals surface area contributed by atoms with Crippen molar-refractivity contribution < 1.29 is 0 Å². The fourth-order valence-electron chi connectivity index (χ4n) is 1.17. The molecule has 0 bridgehead atoms. The summed E-state index contributed by atoms with van der Waals surface area (Å²) < 4.78 is 0. The molecule has 0 aliphatic heterocycles. The second kappa shape index (κ2) is 4.91. The minimum absolute atomic E-state index is 0.210. The third-order valence-electron chi connectivity index (χ3n) is 2.24. The lowest BCUT2D eigenvalue weighted by molar-refractivity contribution is 0.638. The lowest BCUT2D eigenvalue weighted by atomic mass is 10.2.